The lowest BCUT2D eigenvalue weighted by molar-refractivity contribution is -0.141. The van der Waals surface area contributed by atoms with Crippen LogP contribution in [0.15, 0.2) is 0 Å². The van der Waals surface area contributed by atoms with E-state index in [0.29, 0.717) is 24.5 Å². The minimum absolute atomic E-state index is 0.0634. The predicted octanol–water partition coefficient (Wildman–Crippen LogP) is 3.67. The van der Waals surface area contributed by atoms with Crippen molar-refractivity contribution in [2.24, 2.45) is 5.73 Å². The lowest BCUT2D eigenvalue weighted by atomic mass is 9.98. The van der Waals surface area contributed by atoms with Crippen molar-refractivity contribution in [2.45, 2.75) is 51.9 Å². The van der Waals surface area contributed by atoms with Gasteiger partial charge in [-0.25, -0.2) is 4.98 Å². The van der Waals surface area contributed by atoms with Gasteiger partial charge in [-0.1, -0.05) is 13.8 Å². The highest BCUT2D eigenvalue weighted by Gasteiger charge is 2.41. The van der Waals surface area contributed by atoms with Crippen LogP contribution in [0.4, 0.5) is 13.2 Å². The number of hydrogen-bond acceptors (Lipinski definition) is 4. The van der Waals surface area contributed by atoms with Crippen LogP contribution >= 0.6 is 11.3 Å². The second-order valence-electron chi connectivity index (χ2n) is 4.13. The standard InChI is InChI=1S/C12H19F3N2OS/c1-4-11(5-2,18-6-3)10-17-9(12(13,14)15)8(7-16)19-10/h4-7,16H2,1-3H3. The molecular weight excluding hydrogens is 277 g/mol. The Balaban J connectivity index is 3.30. The van der Waals surface area contributed by atoms with E-state index in [1.165, 1.54) is 0 Å². The van der Waals surface area contributed by atoms with Crippen LogP contribution in [0.1, 0.15) is 49.2 Å². The molecule has 0 saturated heterocycles. The summed E-state index contributed by atoms with van der Waals surface area (Å²) < 4.78 is 44.3. The summed E-state index contributed by atoms with van der Waals surface area (Å²) in [6.45, 7) is 5.86. The summed E-state index contributed by atoms with van der Waals surface area (Å²) >= 11 is 1.00. The van der Waals surface area contributed by atoms with Crippen LogP contribution in [-0.2, 0) is 23.1 Å². The topological polar surface area (TPSA) is 48.1 Å². The zero-order valence-corrected chi connectivity index (χ0v) is 12.1. The molecule has 19 heavy (non-hydrogen) atoms. The summed E-state index contributed by atoms with van der Waals surface area (Å²) in [7, 11) is 0. The minimum atomic E-state index is -4.47. The zero-order chi connectivity index (χ0) is 14.7. The Morgan fingerprint density at radius 1 is 1.21 bits per heavy atom. The molecule has 0 unspecified atom stereocenters. The monoisotopic (exact) mass is 296 g/mol. The number of aromatic nitrogens is 1. The van der Waals surface area contributed by atoms with Crippen LogP contribution in [0.25, 0.3) is 0 Å². The lowest BCUT2D eigenvalue weighted by Crippen LogP contribution is -2.28. The molecule has 0 spiro atoms. The predicted molar refractivity (Wildman–Crippen MR) is 68.9 cm³/mol. The quantitative estimate of drug-likeness (QED) is 0.871. The van der Waals surface area contributed by atoms with Gasteiger partial charge in [-0.3, -0.25) is 0 Å². The molecule has 0 aliphatic carbocycles. The van der Waals surface area contributed by atoms with Crippen LogP contribution in [0, 0.1) is 0 Å². The lowest BCUT2D eigenvalue weighted by Gasteiger charge is -2.29. The van der Waals surface area contributed by atoms with E-state index >= 15 is 0 Å². The third-order valence-corrected chi connectivity index (χ3v) is 4.37. The molecule has 0 atom stereocenters. The Labute approximate surface area is 115 Å². The number of alkyl halides is 3. The van der Waals surface area contributed by atoms with Crippen molar-refractivity contribution in [2.75, 3.05) is 6.61 Å². The van der Waals surface area contributed by atoms with Gasteiger partial charge in [-0.15, -0.1) is 11.3 Å². The maximum Gasteiger partial charge on any atom is 0.434 e. The summed E-state index contributed by atoms with van der Waals surface area (Å²) in [4.78, 5) is 3.84. The summed E-state index contributed by atoms with van der Waals surface area (Å²) in [5, 5.41) is 0.368. The van der Waals surface area contributed by atoms with E-state index in [4.69, 9.17) is 10.5 Å². The summed E-state index contributed by atoms with van der Waals surface area (Å²) in [5.74, 6) is 0. The fourth-order valence-electron chi connectivity index (χ4n) is 2.00. The molecule has 2 N–H and O–H groups in total. The van der Waals surface area contributed by atoms with Gasteiger partial charge in [0.15, 0.2) is 5.69 Å². The van der Waals surface area contributed by atoms with Crippen LogP contribution < -0.4 is 5.73 Å². The second kappa shape index (κ2) is 6.19. The van der Waals surface area contributed by atoms with Crippen LogP contribution in [0.2, 0.25) is 0 Å². The average molecular weight is 296 g/mol. The summed E-state index contributed by atoms with van der Waals surface area (Å²) in [6, 6.07) is 0. The first-order chi connectivity index (χ1) is 8.84. The fourth-order valence-corrected chi connectivity index (χ4v) is 3.25. The van der Waals surface area contributed by atoms with Crippen LogP contribution in [0.3, 0.4) is 0 Å². The van der Waals surface area contributed by atoms with E-state index in [1.807, 2.05) is 20.8 Å². The SMILES string of the molecule is CCOC(CC)(CC)c1nc(C(F)(F)F)c(CN)s1. The van der Waals surface area contributed by atoms with Crippen molar-refractivity contribution in [1.82, 2.24) is 4.98 Å². The van der Waals surface area contributed by atoms with Crippen LogP contribution in [-0.4, -0.2) is 11.6 Å². The summed E-state index contributed by atoms with van der Waals surface area (Å²) in [5.41, 5.74) is 3.77. The van der Waals surface area contributed by atoms with Crippen molar-refractivity contribution in [3.8, 4) is 0 Å². The van der Waals surface area contributed by atoms with Gasteiger partial charge in [-0.2, -0.15) is 13.2 Å². The Kier molecular flexibility index (Phi) is 5.34. The van der Waals surface area contributed by atoms with Gasteiger partial charge in [-0.05, 0) is 19.8 Å². The van der Waals surface area contributed by atoms with Crippen molar-refractivity contribution < 1.29 is 17.9 Å². The maximum absolute atomic E-state index is 12.9. The smallest absolute Gasteiger partial charge is 0.368 e. The largest absolute Gasteiger partial charge is 0.434 e. The van der Waals surface area contributed by atoms with Gasteiger partial charge < -0.3 is 10.5 Å². The molecule has 1 heterocycles. The van der Waals surface area contributed by atoms with Crippen molar-refractivity contribution in [3.63, 3.8) is 0 Å². The number of hydrogen-bond donors (Lipinski definition) is 1. The van der Waals surface area contributed by atoms with Crippen molar-refractivity contribution >= 4 is 11.3 Å². The first-order valence-electron chi connectivity index (χ1n) is 6.26. The van der Waals surface area contributed by atoms with Crippen molar-refractivity contribution in [1.29, 1.82) is 0 Å². The van der Waals surface area contributed by atoms with Gasteiger partial charge in [0.25, 0.3) is 0 Å². The number of nitrogens with zero attached hydrogens (tertiary/aromatic N) is 1. The third kappa shape index (κ3) is 3.27. The second-order valence-corrected chi connectivity index (χ2v) is 5.21. The van der Waals surface area contributed by atoms with Gasteiger partial charge in [0.05, 0.1) is 4.88 Å². The average Bonchev–Trinajstić information content (AvgIpc) is 2.80. The van der Waals surface area contributed by atoms with E-state index in [1.54, 1.807) is 0 Å². The first-order valence-corrected chi connectivity index (χ1v) is 7.07. The minimum Gasteiger partial charge on any atom is -0.368 e. The van der Waals surface area contributed by atoms with Gasteiger partial charge in [0.1, 0.15) is 10.6 Å². The maximum atomic E-state index is 12.9. The Hall–Kier alpha value is -0.660. The molecule has 1 aromatic rings. The molecule has 0 aliphatic heterocycles. The number of nitrogens with two attached hydrogens (primary N) is 1. The number of ether oxygens (including phenoxy) is 1. The Morgan fingerprint density at radius 2 is 1.79 bits per heavy atom. The molecule has 0 radical (unpaired) electrons. The normalized spacial score (nSPS) is 13.0. The molecule has 0 saturated carbocycles. The Morgan fingerprint density at radius 3 is 2.11 bits per heavy atom. The first kappa shape index (κ1) is 16.4. The van der Waals surface area contributed by atoms with Gasteiger partial charge in [0, 0.05) is 13.2 Å². The van der Waals surface area contributed by atoms with E-state index in [-0.39, 0.29) is 11.4 Å². The molecule has 7 heteroatoms. The molecule has 3 nitrogen and oxygen atoms in total. The van der Waals surface area contributed by atoms with Gasteiger partial charge in [0.2, 0.25) is 0 Å². The highest BCUT2D eigenvalue weighted by Crippen LogP contribution is 2.41. The molecule has 1 aromatic heterocycles. The molecule has 0 aromatic carbocycles. The highest BCUT2D eigenvalue weighted by atomic mass is 32.1. The molecule has 110 valence electrons. The number of rotatable bonds is 6. The van der Waals surface area contributed by atoms with Crippen LogP contribution in [0.5, 0.6) is 0 Å². The zero-order valence-electron chi connectivity index (χ0n) is 11.3. The van der Waals surface area contributed by atoms with E-state index < -0.39 is 17.5 Å². The molecule has 0 amide bonds. The molecular formula is C12H19F3N2OS. The van der Waals surface area contributed by atoms with Crippen molar-refractivity contribution in [3.05, 3.63) is 15.6 Å². The fraction of sp³-hybridized carbons (Fsp3) is 0.750. The highest BCUT2D eigenvalue weighted by molar-refractivity contribution is 7.11. The molecule has 1 rings (SSSR count). The molecule has 0 bridgehead atoms. The summed E-state index contributed by atoms with van der Waals surface area (Å²) in [6.07, 6.45) is -3.32. The number of thiazole rings is 1. The molecule has 0 aliphatic rings. The van der Waals surface area contributed by atoms with E-state index in [2.05, 4.69) is 4.98 Å². The van der Waals surface area contributed by atoms with E-state index in [0.717, 1.165) is 11.3 Å². The van der Waals surface area contributed by atoms with E-state index in [9.17, 15) is 13.2 Å². The van der Waals surface area contributed by atoms with Gasteiger partial charge >= 0.3 is 6.18 Å². The number of halogens is 3. The molecule has 0 fully saturated rings. The Bertz CT molecular complexity index is 414. The third-order valence-electron chi connectivity index (χ3n) is 3.10.